The van der Waals surface area contributed by atoms with E-state index in [1.165, 1.54) is 12.1 Å². The van der Waals surface area contributed by atoms with Crippen molar-refractivity contribution in [2.24, 2.45) is 0 Å². The van der Waals surface area contributed by atoms with Gasteiger partial charge in [0.05, 0.1) is 0 Å². The van der Waals surface area contributed by atoms with Crippen LogP contribution in [0.2, 0.25) is 0 Å². The number of aromatic nitrogens is 2. The molecular formula is C13H11FN2O3. The summed E-state index contributed by atoms with van der Waals surface area (Å²) in [6, 6.07) is 5.52. The zero-order valence-electron chi connectivity index (χ0n) is 10.3. The molecule has 0 fully saturated rings. The molecule has 1 N–H and O–H groups in total. The van der Waals surface area contributed by atoms with Crippen LogP contribution < -0.4 is 5.43 Å². The topological polar surface area (TPSA) is 72.2 Å². The summed E-state index contributed by atoms with van der Waals surface area (Å²) in [5.74, 6) is -1.98. The molecule has 0 bridgehead atoms. The van der Waals surface area contributed by atoms with E-state index in [9.17, 15) is 14.0 Å². The lowest BCUT2D eigenvalue weighted by molar-refractivity contribution is 0.0686. The van der Waals surface area contributed by atoms with Crippen molar-refractivity contribution in [1.82, 2.24) is 9.78 Å². The Morgan fingerprint density at radius 2 is 2.00 bits per heavy atom. The highest BCUT2D eigenvalue weighted by atomic mass is 19.1. The van der Waals surface area contributed by atoms with Gasteiger partial charge in [-0.25, -0.2) is 13.9 Å². The van der Waals surface area contributed by atoms with E-state index in [1.807, 2.05) is 0 Å². The molecule has 0 aliphatic rings. The van der Waals surface area contributed by atoms with Crippen LogP contribution in [-0.2, 0) is 0 Å². The predicted molar refractivity (Wildman–Crippen MR) is 66.2 cm³/mol. The second kappa shape index (κ2) is 4.64. The fourth-order valence-electron chi connectivity index (χ4n) is 1.72. The summed E-state index contributed by atoms with van der Waals surface area (Å²) in [7, 11) is 0. The van der Waals surface area contributed by atoms with Gasteiger partial charge in [0.15, 0.2) is 0 Å². The largest absolute Gasteiger partial charge is 0.476 e. The first kappa shape index (κ1) is 12.9. The Morgan fingerprint density at radius 1 is 1.32 bits per heavy atom. The van der Waals surface area contributed by atoms with Crippen molar-refractivity contribution in [3.8, 4) is 5.69 Å². The van der Waals surface area contributed by atoms with E-state index in [0.29, 0.717) is 5.69 Å². The average molecular weight is 262 g/mol. The van der Waals surface area contributed by atoms with Crippen LogP contribution in [0.3, 0.4) is 0 Å². The molecule has 0 radical (unpaired) electrons. The molecule has 1 heterocycles. The van der Waals surface area contributed by atoms with Gasteiger partial charge in [-0.3, -0.25) is 4.79 Å². The summed E-state index contributed by atoms with van der Waals surface area (Å²) in [5, 5.41) is 12.6. The number of benzene rings is 1. The standard InChI is InChI=1S/C13H11FN2O3/c1-7-3-4-9(14)10(5-7)16-8(2)6-11(17)12(15-16)13(18)19/h3-6H,1-2H3,(H,18,19). The Bertz CT molecular complexity index is 722. The van der Waals surface area contributed by atoms with Gasteiger partial charge in [0.2, 0.25) is 11.1 Å². The number of rotatable bonds is 2. The molecule has 1 aromatic carbocycles. The van der Waals surface area contributed by atoms with Crippen LogP contribution in [0.5, 0.6) is 0 Å². The minimum absolute atomic E-state index is 0.111. The van der Waals surface area contributed by atoms with Crippen LogP contribution >= 0.6 is 0 Å². The molecule has 1 aromatic heterocycles. The summed E-state index contributed by atoms with van der Waals surface area (Å²) < 4.78 is 14.9. The summed E-state index contributed by atoms with van der Waals surface area (Å²) >= 11 is 0. The van der Waals surface area contributed by atoms with Crippen LogP contribution in [0.25, 0.3) is 5.69 Å². The molecule has 6 heteroatoms. The van der Waals surface area contributed by atoms with Gasteiger partial charge in [-0.2, -0.15) is 5.10 Å². The third-order valence-electron chi connectivity index (χ3n) is 2.64. The van der Waals surface area contributed by atoms with Gasteiger partial charge in [0, 0.05) is 11.8 Å². The Morgan fingerprint density at radius 3 is 2.63 bits per heavy atom. The molecule has 0 unspecified atom stereocenters. The minimum atomic E-state index is -1.44. The van der Waals surface area contributed by atoms with E-state index < -0.39 is 22.9 Å². The first-order valence-corrected chi connectivity index (χ1v) is 5.51. The minimum Gasteiger partial charge on any atom is -0.476 e. The molecule has 0 aliphatic heterocycles. The molecule has 5 nitrogen and oxygen atoms in total. The van der Waals surface area contributed by atoms with Crippen molar-refractivity contribution in [3.05, 3.63) is 57.3 Å². The number of carbonyl (C=O) groups is 1. The highest BCUT2D eigenvalue weighted by Gasteiger charge is 2.15. The van der Waals surface area contributed by atoms with E-state index in [0.717, 1.165) is 16.3 Å². The fourth-order valence-corrected chi connectivity index (χ4v) is 1.72. The maximum absolute atomic E-state index is 13.8. The first-order valence-electron chi connectivity index (χ1n) is 5.51. The lowest BCUT2D eigenvalue weighted by atomic mass is 10.2. The number of nitrogens with zero attached hydrogens (tertiary/aromatic N) is 2. The molecule has 2 rings (SSSR count). The lowest BCUT2D eigenvalue weighted by Gasteiger charge is -2.11. The molecule has 0 saturated heterocycles. The summed E-state index contributed by atoms with van der Waals surface area (Å²) in [6.07, 6.45) is 0. The third kappa shape index (κ3) is 2.37. The van der Waals surface area contributed by atoms with Crippen molar-refractivity contribution in [3.63, 3.8) is 0 Å². The maximum Gasteiger partial charge on any atom is 0.360 e. The van der Waals surface area contributed by atoms with Crippen molar-refractivity contribution < 1.29 is 14.3 Å². The van der Waals surface area contributed by atoms with Crippen LogP contribution in [0.4, 0.5) is 4.39 Å². The number of carboxylic acid groups (broad SMARTS) is 1. The molecule has 0 aliphatic carbocycles. The smallest absolute Gasteiger partial charge is 0.360 e. The maximum atomic E-state index is 13.8. The number of aryl methyl sites for hydroxylation is 2. The average Bonchev–Trinajstić information content (AvgIpc) is 2.32. The predicted octanol–water partition coefficient (Wildman–Crippen LogP) is 1.69. The first-order chi connectivity index (χ1) is 8.90. The van der Waals surface area contributed by atoms with Crippen molar-refractivity contribution in [1.29, 1.82) is 0 Å². The van der Waals surface area contributed by atoms with Gasteiger partial charge in [0.25, 0.3) is 0 Å². The summed E-state index contributed by atoms with van der Waals surface area (Å²) in [5.41, 5.74) is -0.0616. The molecule has 19 heavy (non-hydrogen) atoms. The molecule has 0 atom stereocenters. The van der Waals surface area contributed by atoms with E-state index in [4.69, 9.17) is 5.11 Å². The number of hydrogen-bond donors (Lipinski definition) is 1. The van der Waals surface area contributed by atoms with E-state index >= 15 is 0 Å². The summed E-state index contributed by atoms with van der Waals surface area (Å²) in [6.45, 7) is 3.33. The van der Waals surface area contributed by atoms with Crippen LogP contribution in [0.15, 0.2) is 29.1 Å². The van der Waals surface area contributed by atoms with Crippen molar-refractivity contribution in [2.45, 2.75) is 13.8 Å². The Labute approximate surface area is 107 Å². The molecular weight excluding hydrogens is 251 g/mol. The molecule has 98 valence electrons. The molecule has 2 aromatic rings. The normalized spacial score (nSPS) is 10.5. The van der Waals surface area contributed by atoms with Crippen LogP contribution in [0.1, 0.15) is 21.7 Å². The van der Waals surface area contributed by atoms with Gasteiger partial charge in [-0.05, 0) is 31.5 Å². The van der Waals surface area contributed by atoms with Gasteiger partial charge in [-0.15, -0.1) is 0 Å². The van der Waals surface area contributed by atoms with Gasteiger partial charge >= 0.3 is 5.97 Å². The zero-order valence-corrected chi connectivity index (χ0v) is 10.3. The Kier molecular flexibility index (Phi) is 3.16. The molecule has 0 saturated carbocycles. The lowest BCUT2D eigenvalue weighted by Crippen LogP contribution is -2.23. The van der Waals surface area contributed by atoms with E-state index in [1.54, 1.807) is 19.9 Å². The summed E-state index contributed by atoms with van der Waals surface area (Å²) in [4.78, 5) is 22.4. The Balaban J connectivity index is 2.75. The Hall–Kier alpha value is -2.50. The highest BCUT2D eigenvalue weighted by Crippen LogP contribution is 2.15. The quantitative estimate of drug-likeness (QED) is 0.893. The molecule has 0 amide bonds. The van der Waals surface area contributed by atoms with Gasteiger partial charge in [0.1, 0.15) is 11.5 Å². The third-order valence-corrected chi connectivity index (χ3v) is 2.64. The van der Waals surface area contributed by atoms with Crippen molar-refractivity contribution in [2.75, 3.05) is 0 Å². The SMILES string of the molecule is Cc1ccc(F)c(-n2nc(C(=O)O)c(=O)cc2C)c1. The van der Waals surface area contributed by atoms with E-state index in [-0.39, 0.29) is 5.69 Å². The van der Waals surface area contributed by atoms with Crippen LogP contribution in [0, 0.1) is 19.7 Å². The zero-order chi connectivity index (χ0) is 14.2. The van der Waals surface area contributed by atoms with Gasteiger partial charge in [-0.1, -0.05) is 6.07 Å². The number of carboxylic acids is 1. The second-order valence-electron chi connectivity index (χ2n) is 4.17. The number of hydrogen-bond acceptors (Lipinski definition) is 3. The van der Waals surface area contributed by atoms with Gasteiger partial charge < -0.3 is 5.11 Å². The fraction of sp³-hybridized carbons (Fsp3) is 0.154. The molecule has 0 spiro atoms. The van der Waals surface area contributed by atoms with Crippen molar-refractivity contribution >= 4 is 5.97 Å². The second-order valence-corrected chi connectivity index (χ2v) is 4.17. The highest BCUT2D eigenvalue weighted by molar-refractivity contribution is 5.84. The monoisotopic (exact) mass is 262 g/mol. The van der Waals surface area contributed by atoms with E-state index in [2.05, 4.69) is 5.10 Å². The van der Waals surface area contributed by atoms with Crippen LogP contribution in [-0.4, -0.2) is 20.9 Å². The number of halogens is 1. The number of aromatic carboxylic acids is 1.